The average Bonchev–Trinajstić information content (AvgIpc) is 2.81. The predicted octanol–water partition coefficient (Wildman–Crippen LogP) is 2.66. The lowest BCUT2D eigenvalue weighted by molar-refractivity contribution is 0.401. The van der Waals surface area contributed by atoms with Crippen LogP contribution in [0, 0.1) is 5.82 Å². The van der Waals surface area contributed by atoms with Crippen LogP contribution in [0.25, 0.3) is 0 Å². The molecule has 0 aliphatic heterocycles. The van der Waals surface area contributed by atoms with Crippen molar-refractivity contribution < 1.29 is 9.13 Å². The molecule has 0 bridgehead atoms. The van der Waals surface area contributed by atoms with Gasteiger partial charge in [-0.25, -0.2) is 4.39 Å². The molecule has 2 N–H and O–H groups in total. The summed E-state index contributed by atoms with van der Waals surface area (Å²) >= 11 is 0. The van der Waals surface area contributed by atoms with Crippen LogP contribution in [0.1, 0.15) is 37.2 Å². The van der Waals surface area contributed by atoms with Gasteiger partial charge in [0.05, 0.1) is 19.3 Å². The van der Waals surface area contributed by atoms with E-state index >= 15 is 0 Å². The van der Waals surface area contributed by atoms with Crippen molar-refractivity contribution in [2.75, 3.05) is 7.11 Å². The Balaban J connectivity index is 2.48. The second-order valence-electron chi connectivity index (χ2n) is 4.67. The van der Waals surface area contributed by atoms with Gasteiger partial charge in [0.15, 0.2) is 5.75 Å². The standard InChI is InChI=1S/C14H18FN3O/c1-9(2)18-14(12(19-3)8-17-18)13(16)10-5-4-6-11(15)7-10/h4-9,13H,16H2,1-3H3. The van der Waals surface area contributed by atoms with E-state index in [1.807, 2.05) is 13.8 Å². The zero-order valence-corrected chi connectivity index (χ0v) is 11.3. The summed E-state index contributed by atoms with van der Waals surface area (Å²) in [5.74, 6) is 0.313. The summed E-state index contributed by atoms with van der Waals surface area (Å²) in [4.78, 5) is 0. The lowest BCUT2D eigenvalue weighted by atomic mass is 10.0. The largest absolute Gasteiger partial charge is 0.493 e. The number of hydrogen-bond donors (Lipinski definition) is 1. The molecule has 0 spiro atoms. The molecule has 0 fully saturated rings. The quantitative estimate of drug-likeness (QED) is 0.922. The van der Waals surface area contributed by atoms with Gasteiger partial charge in [0.1, 0.15) is 11.5 Å². The van der Waals surface area contributed by atoms with Gasteiger partial charge in [-0.05, 0) is 31.5 Å². The highest BCUT2D eigenvalue weighted by molar-refractivity contribution is 5.36. The monoisotopic (exact) mass is 263 g/mol. The molecule has 0 aliphatic carbocycles. The Labute approximate surface area is 112 Å². The Bertz CT molecular complexity index is 566. The maximum Gasteiger partial charge on any atom is 0.161 e. The number of methoxy groups -OCH3 is 1. The van der Waals surface area contributed by atoms with Gasteiger partial charge in [0.25, 0.3) is 0 Å². The van der Waals surface area contributed by atoms with Crippen molar-refractivity contribution in [1.82, 2.24) is 9.78 Å². The first-order valence-electron chi connectivity index (χ1n) is 6.17. The van der Waals surface area contributed by atoms with E-state index in [0.29, 0.717) is 11.3 Å². The van der Waals surface area contributed by atoms with E-state index < -0.39 is 6.04 Å². The number of rotatable bonds is 4. The van der Waals surface area contributed by atoms with Gasteiger partial charge >= 0.3 is 0 Å². The van der Waals surface area contributed by atoms with E-state index in [1.165, 1.54) is 12.1 Å². The summed E-state index contributed by atoms with van der Waals surface area (Å²) in [5, 5.41) is 4.27. The Hall–Kier alpha value is -1.88. The number of halogens is 1. The van der Waals surface area contributed by atoms with E-state index in [-0.39, 0.29) is 11.9 Å². The molecule has 1 aromatic heterocycles. The summed E-state index contributed by atoms with van der Waals surface area (Å²) in [5.41, 5.74) is 7.69. The normalized spacial score (nSPS) is 12.7. The molecule has 2 rings (SSSR count). The van der Waals surface area contributed by atoms with Crippen LogP contribution >= 0.6 is 0 Å². The van der Waals surface area contributed by atoms with Gasteiger partial charge in [0, 0.05) is 6.04 Å². The van der Waals surface area contributed by atoms with Crippen LogP contribution in [0.3, 0.4) is 0 Å². The molecule has 0 amide bonds. The SMILES string of the molecule is COc1cnn(C(C)C)c1C(N)c1cccc(F)c1. The number of benzene rings is 1. The molecule has 1 aromatic carbocycles. The van der Waals surface area contributed by atoms with Crippen LogP contribution < -0.4 is 10.5 Å². The molecule has 0 saturated heterocycles. The number of hydrogen-bond acceptors (Lipinski definition) is 3. The molecule has 1 heterocycles. The molecule has 1 atom stereocenters. The summed E-state index contributed by atoms with van der Waals surface area (Å²) in [6, 6.07) is 5.95. The van der Waals surface area contributed by atoms with Crippen molar-refractivity contribution >= 4 is 0 Å². The van der Waals surface area contributed by atoms with E-state index in [2.05, 4.69) is 5.10 Å². The molecule has 19 heavy (non-hydrogen) atoms. The summed E-state index contributed by atoms with van der Waals surface area (Å²) in [6.45, 7) is 4.02. The topological polar surface area (TPSA) is 53.1 Å². The van der Waals surface area contributed by atoms with Crippen molar-refractivity contribution in [1.29, 1.82) is 0 Å². The van der Waals surface area contributed by atoms with Crippen LogP contribution in [0.15, 0.2) is 30.5 Å². The van der Waals surface area contributed by atoms with Crippen LogP contribution in [0.5, 0.6) is 5.75 Å². The van der Waals surface area contributed by atoms with Crippen LogP contribution in [0.2, 0.25) is 0 Å². The Morgan fingerprint density at radius 1 is 1.37 bits per heavy atom. The molecule has 1 unspecified atom stereocenters. The predicted molar refractivity (Wildman–Crippen MR) is 71.6 cm³/mol. The molecule has 4 nitrogen and oxygen atoms in total. The van der Waals surface area contributed by atoms with Gasteiger partial charge in [-0.2, -0.15) is 5.10 Å². The lowest BCUT2D eigenvalue weighted by Gasteiger charge is -2.18. The molecule has 5 heteroatoms. The lowest BCUT2D eigenvalue weighted by Crippen LogP contribution is -2.19. The summed E-state index contributed by atoms with van der Waals surface area (Å²) in [6.07, 6.45) is 1.63. The molecular formula is C14H18FN3O. The maximum absolute atomic E-state index is 13.3. The smallest absolute Gasteiger partial charge is 0.161 e. The molecule has 0 radical (unpaired) electrons. The van der Waals surface area contributed by atoms with Crippen LogP contribution in [-0.2, 0) is 0 Å². The first-order valence-corrected chi connectivity index (χ1v) is 6.17. The highest BCUT2D eigenvalue weighted by Crippen LogP contribution is 2.30. The third-order valence-electron chi connectivity index (χ3n) is 3.01. The Kier molecular flexibility index (Phi) is 3.85. The molecular weight excluding hydrogens is 245 g/mol. The highest BCUT2D eigenvalue weighted by Gasteiger charge is 2.21. The number of ether oxygens (including phenoxy) is 1. The fourth-order valence-corrected chi connectivity index (χ4v) is 2.08. The second-order valence-corrected chi connectivity index (χ2v) is 4.67. The van der Waals surface area contributed by atoms with Gasteiger partial charge in [0.2, 0.25) is 0 Å². The molecule has 102 valence electrons. The third kappa shape index (κ3) is 2.61. The Morgan fingerprint density at radius 2 is 2.11 bits per heavy atom. The van der Waals surface area contributed by atoms with Crippen molar-refractivity contribution in [3.05, 3.63) is 47.5 Å². The Morgan fingerprint density at radius 3 is 2.68 bits per heavy atom. The van der Waals surface area contributed by atoms with Crippen molar-refractivity contribution in [3.63, 3.8) is 0 Å². The summed E-state index contributed by atoms with van der Waals surface area (Å²) in [7, 11) is 1.57. The fourth-order valence-electron chi connectivity index (χ4n) is 2.08. The van der Waals surface area contributed by atoms with Crippen LogP contribution in [0.4, 0.5) is 4.39 Å². The number of nitrogens with two attached hydrogens (primary N) is 1. The van der Waals surface area contributed by atoms with Gasteiger partial charge in [-0.3, -0.25) is 4.68 Å². The van der Waals surface area contributed by atoms with Crippen molar-refractivity contribution in [2.24, 2.45) is 5.73 Å². The van der Waals surface area contributed by atoms with Crippen LogP contribution in [-0.4, -0.2) is 16.9 Å². The van der Waals surface area contributed by atoms with Gasteiger partial charge < -0.3 is 10.5 Å². The molecule has 0 saturated carbocycles. The molecule has 0 aliphatic rings. The van der Waals surface area contributed by atoms with E-state index in [0.717, 1.165) is 5.69 Å². The zero-order chi connectivity index (χ0) is 14.0. The first-order chi connectivity index (χ1) is 9.04. The van der Waals surface area contributed by atoms with E-state index in [1.54, 1.807) is 30.1 Å². The number of nitrogens with zero attached hydrogens (tertiary/aromatic N) is 2. The average molecular weight is 263 g/mol. The van der Waals surface area contributed by atoms with E-state index in [9.17, 15) is 4.39 Å². The highest BCUT2D eigenvalue weighted by atomic mass is 19.1. The van der Waals surface area contributed by atoms with E-state index in [4.69, 9.17) is 10.5 Å². The van der Waals surface area contributed by atoms with Gasteiger partial charge in [-0.1, -0.05) is 12.1 Å². The van der Waals surface area contributed by atoms with Gasteiger partial charge in [-0.15, -0.1) is 0 Å². The minimum absolute atomic E-state index is 0.151. The molecule has 2 aromatic rings. The minimum Gasteiger partial charge on any atom is -0.493 e. The van der Waals surface area contributed by atoms with Crippen molar-refractivity contribution in [2.45, 2.75) is 25.9 Å². The maximum atomic E-state index is 13.3. The minimum atomic E-state index is -0.476. The first kappa shape index (κ1) is 13.5. The fraction of sp³-hybridized carbons (Fsp3) is 0.357. The zero-order valence-electron chi connectivity index (χ0n) is 11.3. The van der Waals surface area contributed by atoms with Crippen molar-refractivity contribution in [3.8, 4) is 5.75 Å². The second kappa shape index (κ2) is 5.40. The number of aromatic nitrogens is 2. The summed E-state index contributed by atoms with van der Waals surface area (Å²) < 4.78 is 20.4. The third-order valence-corrected chi connectivity index (χ3v) is 3.01.